The lowest BCUT2D eigenvalue weighted by molar-refractivity contribution is 0.624. The van der Waals surface area contributed by atoms with Gasteiger partial charge in [-0.15, -0.1) is 0 Å². The van der Waals surface area contributed by atoms with Crippen LogP contribution in [0.3, 0.4) is 0 Å². The highest BCUT2D eigenvalue weighted by molar-refractivity contribution is 6.31. The Bertz CT molecular complexity index is 593. The van der Waals surface area contributed by atoms with Crippen molar-refractivity contribution in [3.63, 3.8) is 0 Å². The van der Waals surface area contributed by atoms with Crippen LogP contribution >= 0.6 is 23.2 Å². The van der Waals surface area contributed by atoms with E-state index >= 15 is 0 Å². The van der Waals surface area contributed by atoms with Crippen molar-refractivity contribution in [2.24, 2.45) is 7.05 Å². The normalized spacial score (nSPS) is 12.7. The van der Waals surface area contributed by atoms with Gasteiger partial charge in [0.15, 0.2) is 0 Å². The molecule has 0 aliphatic heterocycles. The summed E-state index contributed by atoms with van der Waals surface area (Å²) in [4.78, 5) is 0. The highest BCUT2D eigenvalue weighted by Gasteiger charge is 2.19. The van der Waals surface area contributed by atoms with Crippen molar-refractivity contribution in [3.8, 4) is 0 Å². The van der Waals surface area contributed by atoms with Gasteiger partial charge in [-0.25, -0.2) is 0 Å². The van der Waals surface area contributed by atoms with Gasteiger partial charge in [0.05, 0.1) is 5.69 Å². The molecule has 1 aromatic carbocycles. The third kappa shape index (κ3) is 3.17. The highest BCUT2D eigenvalue weighted by atomic mass is 35.5. The smallest absolute Gasteiger partial charge is 0.130 e. The molecule has 108 valence electrons. The summed E-state index contributed by atoms with van der Waals surface area (Å²) in [5.74, 6) is 0.272. The summed E-state index contributed by atoms with van der Waals surface area (Å²) in [5.41, 5.74) is 3.21. The average Bonchev–Trinajstić information content (AvgIpc) is 2.65. The van der Waals surface area contributed by atoms with Crippen molar-refractivity contribution < 1.29 is 0 Å². The van der Waals surface area contributed by atoms with Gasteiger partial charge in [0.25, 0.3) is 0 Å². The Kier molecular flexibility index (Phi) is 5.08. The van der Waals surface area contributed by atoms with Gasteiger partial charge in [-0.05, 0) is 32.0 Å². The minimum atomic E-state index is 0.272. The second-order valence-corrected chi connectivity index (χ2v) is 5.72. The molecule has 0 fully saturated rings. The number of likely N-dealkylation sites (N-methyl/N-ethyl adjacent to an activating group) is 1. The summed E-state index contributed by atoms with van der Waals surface area (Å²) < 4.78 is 1.72. The van der Waals surface area contributed by atoms with Crippen LogP contribution in [0.2, 0.25) is 10.2 Å². The molecule has 0 saturated heterocycles. The molecule has 0 radical (unpaired) electrons. The first-order valence-corrected chi connectivity index (χ1v) is 7.37. The van der Waals surface area contributed by atoms with Crippen LogP contribution in [-0.4, -0.2) is 23.4 Å². The zero-order chi connectivity index (χ0) is 14.7. The Hall–Kier alpha value is -1.03. The molecule has 1 unspecified atom stereocenters. The highest BCUT2D eigenvalue weighted by Crippen LogP contribution is 2.30. The molecule has 0 bridgehead atoms. The summed E-state index contributed by atoms with van der Waals surface area (Å²) in [5, 5.41) is 9.10. The summed E-state index contributed by atoms with van der Waals surface area (Å²) in [6.45, 7) is 2.83. The summed E-state index contributed by atoms with van der Waals surface area (Å²) in [6, 6.07) is 7.97. The van der Waals surface area contributed by atoms with Gasteiger partial charge in [-0.3, -0.25) is 4.68 Å². The van der Waals surface area contributed by atoms with Crippen LogP contribution in [0.4, 0.5) is 0 Å². The van der Waals surface area contributed by atoms with Crippen molar-refractivity contribution in [1.29, 1.82) is 0 Å². The third-order valence-corrected chi connectivity index (χ3v) is 4.33. The van der Waals surface area contributed by atoms with Crippen LogP contribution in [0, 0.1) is 6.92 Å². The van der Waals surface area contributed by atoms with Gasteiger partial charge in [-0.1, -0.05) is 41.4 Å². The fourth-order valence-corrected chi connectivity index (χ4v) is 3.04. The zero-order valence-corrected chi connectivity index (χ0v) is 13.5. The van der Waals surface area contributed by atoms with Gasteiger partial charge in [0.2, 0.25) is 0 Å². The van der Waals surface area contributed by atoms with Gasteiger partial charge in [0, 0.05) is 30.1 Å². The van der Waals surface area contributed by atoms with Gasteiger partial charge < -0.3 is 5.32 Å². The van der Waals surface area contributed by atoms with Crippen molar-refractivity contribution in [1.82, 2.24) is 15.1 Å². The predicted octanol–water partition coefficient (Wildman–Crippen LogP) is 3.58. The standard InChI is InChI=1S/C15H19Cl2N3/c1-10-13(15(17)20(3)19-10)8-11(9-18-2)12-6-4-5-7-14(12)16/h4-7,11,18H,8-9H2,1-3H3. The minimum absolute atomic E-state index is 0.272. The van der Waals surface area contributed by atoms with E-state index in [4.69, 9.17) is 23.2 Å². The molecule has 0 aliphatic carbocycles. The molecule has 1 heterocycles. The van der Waals surface area contributed by atoms with Crippen molar-refractivity contribution in [3.05, 3.63) is 51.3 Å². The van der Waals surface area contributed by atoms with E-state index in [1.165, 1.54) is 0 Å². The van der Waals surface area contributed by atoms with Crippen LogP contribution in [0.25, 0.3) is 0 Å². The number of halogens is 2. The molecule has 1 aromatic heterocycles. The van der Waals surface area contributed by atoms with Crippen molar-refractivity contribution in [2.75, 3.05) is 13.6 Å². The second-order valence-electron chi connectivity index (χ2n) is 4.96. The SMILES string of the molecule is CNCC(Cc1c(C)nn(C)c1Cl)c1ccccc1Cl. The molecule has 1 atom stereocenters. The molecule has 0 aliphatic rings. The lowest BCUT2D eigenvalue weighted by Gasteiger charge is -2.18. The maximum Gasteiger partial charge on any atom is 0.130 e. The Morgan fingerprint density at radius 3 is 2.55 bits per heavy atom. The maximum absolute atomic E-state index is 6.33. The number of hydrogen-bond acceptors (Lipinski definition) is 2. The van der Waals surface area contributed by atoms with Crippen LogP contribution < -0.4 is 5.32 Å². The summed E-state index contributed by atoms with van der Waals surface area (Å²) >= 11 is 12.7. The molecule has 5 heteroatoms. The average molecular weight is 312 g/mol. The number of benzene rings is 1. The van der Waals surface area contributed by atoms with Crippen molar-refractivity contribution in [2.45, 2.75) is 19.3 Å². The molecule has 2 rings (SSSR count). The van der Waals surface area contributed by atoms with E-state index in [1.807, 2.05) is 39.2 Å². The number of nitrogens with one attached hydrogen (secondary N) is 1. The lowest BCUT2D eigenvalue weighted by atomic mass is 9.92. The first kappa shape index (κ1) is 15.4. The van der Waals surface area contributed by atoms with E-state index in [9.17, 15) is 0 Å². The van der Waals surface area contributed by atoms with E-state index in [2.05, 4.69) is 16.5 Å². The predicted molar refractivity (Wildman–Crippen MR) is 84.8 cm³/mol. The number of rotatable bonds is 5. The van der Waals surface area contributed by atoms with Gasteiger partial charge in [-0.2, -0.15) is 5.10 Å². The zero-order valence-electron chi connectivity index (χ0n) is 12.0. The molecule has 20 heavy (non-hydrogen) atoms. The maximum atomic E-state index is 6.33. The molecule has 0 amide bonds. The summed E-state index contributed by atoms with van der Waals surface area (Å²) in [6.07, 6.45) is 0.822. The Morgan fingerprint density at radius 2 is 2.00 bits per heavy atom. The largest absolute Gasteiger partial charge is 0.319 e. The number of hydrogen-bond donors (Lipinski definition) is 1. The van der Waals surface area contributed by atoms with Crippen LogP contribution in [-0.2, 0) is 13.5 Å². The number of aromatic nitrogens is 2. The topological polar surface area (TPSA) is 29.9 Å². The van der Waals surface area contributed by atoms with E-state index in [-0.39, 0.29) is 5.92 Å². The Balaban J connectivity index is 2.33. The Morgan fingerprint density at radius 1 is 1.30 bits per heavy atom. The van der Waals surface area contributed by atoms with Crippen LogP contribution in [0.15, 0.2) is 24.3 Å². The van der Waals surface area contributed by atoms with E-state index < -0.39 is 0 Å². The van der Waals surface area contributed by atoms with Crippen LogP contribution in [0.5, 0.6) is 0 Å². The summed E-state index contributed by atoms with van der Waals surface area (Å²) in [7, 11) is 3.81. The van der Waals surface area contributed by atoms with E-state index in [0.717, 1.165) is 34.8 Å². The molecule has 2 aromatic rings. The number of aryl methyl sites for hydroxylation is 2. The van der Waals surface area contributed by atoms with Gasteiger partial charge >= 0.3 is 0 Å². The fraction of sp³-hybridized carbons (Fsp3) is 0.400. The first-order valence-electron chi connectivity index (χ1n) is 6.61. The first-order chi connectivity index (χ1) is 9.54. The molecule has 3 nitrogen and oxygen atoms in total. The molecular weight excluding hydrogens is 293 g/mol. The third-order valence-electron chi connectivity index (χ3n) is 3.52. The van der Waals surface area contributed by atoms with Gasteiger partial charge in [0.1, 0.15) is 5.15 Å². The molecule has 0 spiro atoms. The van der Waals surface area contributed by atoms with E-state index in [0.29, 0.717) is 5.15 Å². The van der Waals surface area contributed by atoms with E-state index in [1.54, 1.807) is 4.68 Å². The van der Waals surface area contributed by atoms with Crippen LogP contribution in [0.1, 0.15) is 22.7 Å². The Labute approximate surface area is 129 Å². The lowest BCUT2D eigenvalue weighted by Crippen LogP contribution is -2.19. The minimum Gasteiger partial charge on any atom is -0.319 e. The monoisotopic (exact) mass is 311 g/mol. The second kappa shape index (κ2) is 6.61. The fourth-order valence-electron chi connectivity index (χ4n) is 2.50. The molecule has 1 N–H and O–H groups in total. The molecule has 0 saturated carbocycles. The molecular formula is C15H19Cl2N3. The number of nitrogens with zero attached hydrogens (tertiary/aromatic N) is 2. The quantitative estimate of drug-likeness (QED) is 0.914. The van der Waals surface area contributed by atoms with Crippen molar-refractivity contribution >= 4 is 23.2 Å².